The monoisotopic (exact) mass is 405 g/mol. The number of guanidine groups is 1. The van der Waals surface area contributed by atoms with E-state index in [0.29, 0.717) is 40.3 Å². The fourth-order valence-electron chi connectivity index (χ4n) is 3.49. The van der Waals surface area contributed by atoms with Crippen LogP contribution in [-0.2, 0) is 5.54 Å². The molecule has 0 aliphatic carbocycles. The van der Waals surface area contributed by atoms with Crippen molar-refractivity contribution in [2.45, 2.75) is 18.9 Å². The number of aromatic nitrogens is 2. The molecule has 8 heteroatoms. The molecule has 4 rings (SSSR count). The molecule has 2 heterocycles. The minimum absolute atomic E-state index is 0.164. The molecule has 5 nitrogen and oxygen atoms in total. The van der Waals surface area contributed by atoms with Crippen molar-refractivity contribution < 1.29 is 4.39 Å². The van der Waals surface area contributed by atoms with Crippen LogP contribution in [0.2, 0.25) is 10.3 Å². The highest BCUT2D eigenvalue weighted by atomic mass is 35.5. The lowest BCUT2D eigenvalue weighted by Crippen LogP contribution is -2.56. The van der Waals surface area contributed by atoms with Crippen molar-refractivity contribution in [2.75, 3.05) is 13.6 Å². The second-order valence-corrected chi connectivity index (χ2v) is 7.74. The van der Waals surface area contributed by atoms with Gasteiger partial charge >= 0.3 is 0 Å². The quantitative estimate of drug-likeness (QED) is 0.657. The number of fused-ring (bicyclic) bond motifs is 1. The summed E-state index contributed by atoms with van der Waals surface area (Å²) in [6, 6.07) is 10.4. The lowest BCUT2D eigenvalue weighted by molar-refractivity contribution is 0.277. The van der Waals surface area contributed by atoms with Gasteiger partial charge in [0.05, 0.1) is 22.3 Å². The Morgan fingerprint density at radius 1 is 1.26 bits per heavy atom. The number of benzene rings is 2. The van der Waals surface area contributed by atoms with E-state index in [1.165, 1.54) is 0 Å². The Balaban J connectivity index is 1.88. The average molecular weight is 406 g/mol. The molecule has 1 aromatic heterocycles. The third-order valence-corrected chi connectivity index (χ3v) is 5.60. The Bertz CT molecular complexity index is 1060. The molecule has 1 saturated heterocycles. The topological polar surface area (TPSA) is 56.9 Å². The van der Waals surface area contributed by atoms with E-state index in [1.54, 1.807) is 45.9 Å². The number of hydrogen-bond donors (Lipinski definition) is 2. The Hall–Kier alpha value is -2.31. The van der Waals surface area contributed by atoms with Crippen molar-refractivity contribution in [2.24, 2.45) is 0 Å². The molecule has 2 N–H and O–H groups in total. The maximum absolute atomic E-state index is 15.6. The maximum atomic E-state index is 15.6. The Morgan fingerprint density at radius 2 is 2.04 bits per heavy atom. The summed E-state index contributed by atoms with van der Waals surface area (Å²) in [4.78, 5) is 6.10. The van der Waals surface area contributed by atoms with E-state index in [9.17, 15) is 0 Å². The van der Waals surface area contributed by atoms with Gasteiger partial charge in [-0.25, -0.2) is 9.37 Å². The fraction of sp³-hybridized carbons (Fsp3) is 0.263. The van der Waals surface area contributed by atoms with Crippen molar-refractivity contribution in [3.63, 3.8) is 0 Å². The first-order valence-corrected chi connectivity index (χ1v) is 9.26. The highest BCUT2D eigenvalue weighted by Gasteiger charge is 2.35. The molecular formula is C19H18Cl2FN5. The van der Waals surface area contributed by atoms with Gasteiger partial charge in [0.15, 0.2) is 11.8 Å². The standard InChI is InChI=1S/C19H18Cl2FN5/c1-19(8-9-26(2)18(23)25-19)12-4-3-5-14(16(12)22)27-15-10-11(20)6-7-13(15)24-17(27)21/h3-7,10H,8-9H2,1-2H3,(H2,23,25)/t19-/m0/s1. The first kappa shape index (κ1) is 18.1. The summed E-state index contributed by atoms with van der Waals surface area (Å²) in [5, 5.41) is 11.9. The molecule has 2 aromatic carbocycles. The van der Waals surface area contributed by atoms with Gasteiger partial charge in [-0.2, -0.15) is 0 Å². The number of nitrogens with one attached hydrogen (secondary N) is 2. The highest BCUT2D eigenvalue weighted by molar-refractivity contribution is 6.32. The van der Waals surface area contributed by atoms with Crippen LogP contribution in [0.25, 0.3) is 16.7 Å². The van der Waals surface area contributed by atoms with E-state index in [2.05, 4.69) is 10.3 Å². The summed E-state index contributed by atoms with van der Waals surface area (Å²) in [5.41, 5.74) is 1.37. The van der Waals surface area contributed by atoms with Crippen molar-refractivity contribution in [1.29, 1.82) is 5.41 Å². The maximum Gasteiger partial charge on any atom is 0.208 e. The van der Waals surface area contributed by atoms with Gasteiger partial charge in [0.2, 0.25) is 5.28 Å². The van der Waals surface area contributed by atoms with Crippen LogP contribution < -0.4 is 5.32 Å². The molecule has 0 saturated carbocycles. The summed E-state index contributed by atoms with van der Waals surface area (Å²) in [6.45, 7) is 2.57. The molecule has 1 atom stereocenters. The van der Waals surface area contributed by atoms with Gasteiger partial charge in [-0.1, -0.05) is 23.7 Å². The highest BCUT2D eigenvalue weighted by Crippen LogP contribution is 2.34. The summed E-state index contributed by atoms with van der Waals surface area (Å²) in [6.07, 6.45) is 0.663. The molecule has 27 heavy (non-hydrogen) atoms. The van der Waals surface area contributed by atoms with Crippen LogP contribution in [0, 0.1) is 11.2 Å². The van der Waals surface area contributed by atoms with Crippen LogP contribution >= 0.6 is 23.2 Å². The number of imidazole rings is 1. The Morgan fingerprint density at radius 3 is 2.78 bits per heavy atom. The summed E-state index contributed by atoms with van der Waals surface area (Å²) < 4.78 is 17.2. The minimum atomic E-state index is -0.690. The van der Waals surface area contributed by atoms with Crippen molar-refractivity contribution in [1.82, 2.24) is 19.8 Å². The van der Waals surface area contributed by atoms with Crippen LogP contribution in [0.15, 0.2) is 36.4 Å². The molecule has 0 bridgehead atoms. The van der Waals surface area contributed by atoms with Gasteiger partial charge in [0.1, 0.15) is 0 Å². The molecule has 140 valence electrons. The van der Waals surface area contributed by atoms with Gasteiger partial charge in [-0.3, -0.25) is 9.98 Å². The zero-order valence-corrected chi connectivity index (χ0v) is 16.4. The summed E-state index contributed by atoms with van der Waals surface area (Å²) in [5.74, 6) is -0.127. The molecule has 0 amide bonds. The van der Waals surface area contributed by atoms with Crippen molar-refractivity contribution >= 4 is 40.2 Å². The van der Waals surface area contributed by atoms with Crippen LogP contribution in [0.5, 0.6) is 0 Å². The Labute approximate surface area is 166 Å². The Kier molecular flexibility index (Phi) is 4.28. The predicted molar refractivity (Wildman–Crippen MR) is 107 cm³/mol. The van der Waals surface area contributed by atoms with E-state index >= 15 is 4.39 Å². The van der Waals surface area contributed by atoms with E-state index < -0.39 is 11.4 Å². The molecule has 0 unspecified atom stereocenters. The molecule has 3 aromatic rings. The van der Waals surface area contributed by atoms with E-state index in [-0.39, 0.29) is 11.2 Å². The molecule has 1 fully saturated rings. The normalized spacial score (nSPS) is 20.2. The van der Waals surface area contributed by atoms with Crippen LogP contribution in [0.4, 0.5) is 4.39 Å². The number of hydrogen-bond acceptors (Lipinski definition) is 2. The molecular weight excluding hydrogens is 388 g/mol. The average Bonchev–Trinajstić information content (AvgIpc) is 2.94. The van der Waals surface area contributed by atoms with Crippen molar-refractivity contribution in [3.05, 3.63) is 58.1 Å². The van der Waals surface area contributed by atoms with Gasteiger partial charge < -0.3 is 10.2 Å². The molecule has 1 aliphatic rings. The van der Waals surface area contributed by atoms with Gasteiger partial charge in [0, 0.05) is 24.2 Å². The summed E-state index contributed by atoms with van der Waals surface area (Å²) >= 11 is 12.4. The van der Waals surface area contributed by atoms with Crippen molar-refractivity contribution in [3.8, 4) is 5.69 Å². The largest absolute Gasteiger partial charge is 0.347 e. The van der Waals surface area contributed by atoms with E-state index in [1.807, 2.05) is 14.0 Å². The van der Waals surface area contributed by atoms with Gasteiger partial charge in [0.25, 0.3) is 0 Å². The second kappa shape index (κ2) is 6.39. The molecule has 0 spiro atoms. The van der Waals surface area contributed by atoms with E-state index in [4.69, 9.17) is 28.6 Å². The third kappa shape index (κ3) is 2.93. The number of halogens is 3. The zero-order valence-electron chi connectivity index (χ0n) is 14.9. The lowest BCUT2D eigenvalue weighted by atomic mass is 9.86. The first-order valence-electron chi connectivity index (χ1n) is 8.51. The summed E-state index contributed by atoms with van der Waals surface area (Å²) in [7, 11) is 1.84. The van der Waals surface area contributed by atoms with Crippen LogP contribution in [-0.4, -0.2) is 34.0 Å². The van der Waals surface area contributed by atoms with Gasteiger partial charge in [-0.05, 0) is 49.2 Å². The molecule has 1 aliphatic heterocycles. The first-order chi connectivity index (χ1) is 12.8. The zero-order chi connectivity index (χ0) is 19.3. The SMILES string of the molecule is CN1CC[C@@](C)(c2cccc(-n3c(Cl)nc4ccc(Cl)cc43)c2F)NC1=N. The van der Waals surface area contributed by atoms with E-state index in [0.717, 1.165) is 0 Å². The lowest BCUT2D eigenvalue weighted by Gasteiger charge is -2.41. The predicted octanol–water partition coefficient (Wildman–Crippen LogP) is 4.55. The number of rotatable bonds is 2. The molecule has 0 radical (unpaired) electrons. The number of nitrogens with zero attached hydrogens (tertiary/aromatic N) is 3. The fourth-order valence-corrected chi connectivity index (χ4v) is 3.93. The third-order valence-electron chi connectivity index (χ3n) is 5.11. The van der Waals surface area contributed by atoms with Crippen LogP contribution in [0.3, 0.4) is 0 Å². The smallest absolute Gasteiger partial charge is 0.208 e. The minimum Gasteiger partial charge on any atom is -0.347 e. The van der Waals surface area contributed by atoms with Crippen LogP contribution in [0.1, 0.15) is 18.9 Å². The second-order valence-electron chi connectivity index (χ2n) is 6.97. The van der Waals surface area contributed by atoms with Gasteiger partial charge in [-0.15, -0.1) is 0 Å².